The number of carbonyl (C=O) groups excluding carboxylic acids is 2. The van der Waals surface area contributed by atoms with Crippen LogP contribution in [0.1, 0.15) is 22.3 Å². The van der Waals surface area contributed by atoms with Crippen molar-refractivity contribution in [3.63, 3.8) is 0 Å². The SMILES string of the molecule is O=C(NC(Cc1ccc(-c2ncnc3c2ncn3Cc2ccccc2)cc1)C(=O)OCc1ccccc1)OCc1ccccc1. The second-order valence-corrected chi connectivity index (χ2v) is 10.5. The van der Waals surface area contributed by atoms with Gasteiger partial charge in [-0.15, -0.1) is 0 Å². The van der Waals surface area contributed by atoms with Crippen LogP contribution in [0.2, 0.25) is 0 Å². The Morgan fingerprint density at radius 2 is 1.27 bits per heavy atom. The van der Waals surface area contributed by atoms with Crippen molar-refractivity contribution in [2.75, 3.05) is 0 Å². The molecule has 0 saturated heterocycles. The molecular formula is C36H31N5O4. The Bertz CT molecular complexity index is 1860. The summed E-state index contributed by atoms with van der Waals surface area (Å²) in [7, 11) is 0. The number of aromatic nitrogens is 4. The third-order valence-corrected chi connectivity index (χ3v) is 7.28. The number of hydrogen-bond acceptors (Lipinski definition) is 7. The predicted octanol–water partition coefficient (Wildman–Crippen LogP) is 6.12. The molecule has 224 valence electrons. The van der Waals surface area contributed by atoms with Crippen LogP contribution in [-0.4, -0.2) is 37.6 Å². The van der Waals surface area contributed by atoms with E-state index in [2.05, 4.69) is 32.4 Å². The first-order valence-corrected chi connectivity index (χ1v) is 14.6. The summed E-state index contributed by atoms with van der Waals surface area (Å²) in [6.45, 7) is 0.827. The van der Waals surface area contributed by atoms with Gasteiger partial charge in [0.1, 0.15) is 36.8 Å². The lowest BCUT2D eigenvalue weighted by atomic mass is 10.0. The molecule has 6 rings (SSSR count). The van der Waals surface area contributed by atoms with Crippen molar-refractivity contribution in [3.8, 4) is 11.3 Å². The van der Waals surface area contributed by atoms with E-state index in [0.717, 1.165) is 33.5 Å². The van der Waals surface area contributed by atoms with Gasteiger partial charge in [0.15, 0.2) is 5.65 Å². The molecule has 0 spiro atoms. The molecule has 1 unspecified atom stereocenters. The van der Waals surface area contributed by atoms with Crippen LogP contribution < -0.4 is 5.32 Å². The summed E-state index contributed by atoms with van der Waals surface area (Å²) in [5.74, 6) is -0.555. The Kier molecular flexibility index (Phi) is 9.16. The van der Waals surface area contributed by atoms with Crippen LogP contribution in [0.4, 0.5) is 4.79 Å². The van der Waals surface area contributed by atoms with Gasteiger partial charge in [0, 0.05) is 12.0 Å². The van der Waals surface area contributed by atoms with Crippen molar-refractivity contribution in [2.24, 2.45) is 0 Å². The average Bonchev–Trinajstić information content (AvgIpc) is 3.50. The number of alkyl carbamates (subject to hydrolysis) is 1. The molecule has 0 fully saturated rings. The van der Waals surface area contributed by atoms with Gasteiger partial charge >= 0.3 is 12.1 Å². The number of esters is 1. The van der Waals surface area contributed by atoms with Crippen molar-refractivity contribution in [3.05, 3.63) is 150 Å². The summed E-state index contributed by atoms with van der Waals surface area (Å²) in [4.78, 5) is 39.5. The molecule has 6 aromatic rings. The van der Waals surface area contributed by atoms with Crippen LogP contribution in [-0.2, 0) is 40.4 Å². The summed E-state index contributed by atoms with van der Waals surface area (Å²) >= 11 is 0. The van der Waals surface area contributed by atoms with Gasteiger partial charge in [-0.25, -0.2) is 24.5 Å². The van der Waals surface area contributed by atoms with Crippen molar-refractivity contribution in [2.45, 2.75) is 32.2 Å². The van der Waals surface area contributed by atoms with Crippen LogP contribution in [0.25, 0.3) is 22.4 Å². The predicted molar refractivity (Wildman–Crippen MR) is 170 cm³/mol. The number of fused-ring (bicyclic) bond motifs is 1. The number of nitrogens with zero attached hydrogens (tertiary/aromatic N) is 4. The van der Waals surface area contributed by atoms with E-state index in [0.29, 0.717) is 17.8 Å². The monoisotopic (exact) mass is 597 g/mol. The molecule has 0 aliphatic rings. The lowest BCUT2D eigenvalue weighted by molar-refractivity contribution is -0.147. The molecule has 1 atom stereocenters. The number of hydrogen-bond donors (Lipinski definition) is 1. The molecule has 2 aromatic heterocycles. The summed E-state index contributed by atoms with van der Waals surface area (Å²) in [6, 6.07) is 35.6. The van der Waals surface area contributed by atoms with Crippen LogP contribution in [0.5, 0.6) is 0 Å². The Morgan fingerprint density at radius 1 is 0.667 bits per heavy atom. The van der Waals surface area contributed by atoms with Gasteiger partial charge in [-0.3, -0.25) is 0 Å². The summed E-state index contributed by atoms with van der Waals surface area (Å²) in [5, 5.41) is 2.70. The normalized spacial score (nSPS) is 11.6. The molecule has 45 heavy (non-hydrogen) atoms. The van der Waals surface area contributed by atoms with E-state index in [-0.39, 0.29) is 19.6 Å². The zero-order valence-corrected chi connectivity index (χ0v) is 24.5. The third-order valence-electron chi connectivity index (χ3n) is 7.28. The topological polar surface area (TPSA) is 108 Å². The van der Waals surface area contributed by atoms with Gasteiger partial charge in [-0.05, 0) is 22.3 Å². The number of carbonyl (C=O) groups is 2. The second-order valence-electron chi connectivity index (χ2n) is 10.5. The molecule has 0 bridgehead atoms. The first-order chi connectivity index (χ1) is 22.1. The first kappa shape index (κ1) is 29.3. The lowest BCUT2D eigenvalue weighted by Crippen LogP contribution is -2.43. The molecular weight excluding hydrogens is 566 g/mol. The fourth-order valence-corrected chi connectivity index (χ4v) is 4.95. The fraction of sp³-hybridized carbons (Fsp3) is 0.139. The number of benzene rings is 4. The van der Waals surface area contributed by atoms with Crippen molar-refractivity contribution < 1.29 is 19.1 Å². The second kappa shape index (κ2) is 14.1. The molecule has 1 amide bonds. The van der Waals surface area contributed by atoms with Gasteiger partial charge in [-0.2, -0.15) is 0 Å². The average molecular weight is 598 g/mol. The number of amides is 1. The quantitative estimate of drug-likeness (QED) is 0.179. The molecule has 9 nitrogen and oxygen atoms in total. The third kappa shape index (κ3) is 7.58. The molecule has 1 N–H and O–H groups in total. The minimum atomic E-state index is -0.956. The fourth-order valence-electron chi connectivity index (χ4n) is 4.95. The number of imidazole rings is 1. The lowest BCUT2D eigenvalue weighted by Gasteiger charge is -2.18. The van der Waals surface area contributed by atoms with E-state index in [4.69, 9.17) is 9.47 Å². The molecule has 0 radical (unpaired) electrons. The van der Waals surface area contributed by atoms with Crippen LogP contribution in [0, 0.1) is 0 Å². The van der Waals surface area contributed by atoms with E-state index < -0.39 is 18.1 Å². The Labute approximate surface area is 260 Å². The van der Waals surface area contributed by atoms with E-state index in [1.54, 1.807) is 12.7 Å². The largest absolute Gasteiger partial charge is 0.459 e. The minimum Gasteiger partial charge on any atom is -0.459 e. The zero-order chi connectivity index (χ0) is 30.8. The van der Waals surface area contributed by atoms with E-state index in [1.807, 2.05) is 108 Å². The molecule has 0 aliphatic carbocycles. The molecule has 9 heteroatoms. The zero-order valence-electron chi connectivity index (χ0n) is 24.5. The van der Waals surface area contributed by atoms with Gasteiger partial charge < -0.3 is 19.4 Å². The van der Waals surface area contributed by atoms with Gasteiger partial charge in [0.2, 0.25) is 0 Å². The highest BCUT2D eigenvalue weighted by Gasteiger charge is 2.24. The summed E-state index contributed by atoms with van der Waals surface area (Å²) < 4.78 is 13.0. The van der Waals surface area contributed by atoms with Crippen LogP contribution >= 0.6 is 0 Å². The maximum Gasteiger partial charge on any atom is 0.408 e. The number of ether oxygens (including phenoxy) is 2. The van der Waals surface area contributed by atoms with Crippen molar-refractivity contribution in [1.82, 2.24) is 24.8 Å². The number of nitrogens with one attached hydrogen (secondary N) is 1. The Morgan fingerprint density at radius 3 is 1.91 bits per heavy atom. The van der Waals surface area contributed by atoms with Gasteiger partial charge in [0.25, 0.3) is 0 Å². The maximum atomic E-state index is 13.2. The molecule has 0 aliphatic heterocycles. The standard InChI is InChI=1S/C36H31N5O4/c42-35(44-22-28-12-6-2-7-13-28)31(40-36(43)45-23-29-14-8-3-9-15-29)20-26-16-18-30(19-17-26)32-33-34(38-24-37-32)41(25-39-33)21-27-10-4-1-5-11-27/h1-19,24-25,31H,20-23H2,(H,40,43). The van der Waals surface area contributed by atoms with Crippen molar-refractivity contribution in [1.29, 1.82) is 0 Å². The highest BCUT2D eigenvalue weighted by molar-refractivity contribution is 5.87. The van der Waals surface area contributed by atoms with E-state index in [1.165, 1.54) is 0 Å². The highest BCUT2D eigenvalue weighted by Crippen LogP contribution is 2.25. The van der Waals surface area contributed by atoms with Crippen LogP contribution in [0.3, 0.4) is 0 Å². The Hall–Kier alpha value is -5.83. The smallest absolute Gasteiger partial charge is 0.408 e. The van der Waals surface area contributed by atoms with Crippen LogP contribution in [0.15, 0.2) is 128 Å². The van der Waals surface area contributed by atoms with E-state index in [9.17, 15) is 9.59 Å². The minimum absolute atomic E-state index is 0.0850. The van der Waals surface area contributed by atoms with Gasteiger partial charge in [0.05, 0.1) is 12.9 Å². The summed E-state index contributed by atoms with van der Waals surface area (Å²) in [6.07, 6.45) is 2.82. The molecule has 2 heterocycles. The summed E-state index contributed by atoms with van der Waals surface area (Å²) in [5.41, 5.74) is 6.67. The van der Waals surface area contributed by atoms with Crippen molar-refractivity contribution >= 4 is 23.2 Å². The number of rotatable bonds is 11. The molecule has 4 aromatic carbocycles. The highest BCUT2D eigenvalue weighted by atomic mass is 16.6. The Balaban J connectivity index is 1.16. The van der Waals surface area contributed by atoms with E-state index >= 15 is 0 Å². The van der Waals surface area contributed by atoms with Gasteiger partial charge in [-0.1, -0.05) is 115 Å². The molecule has 0 saturated carbocycles. The first-order valence-electron chi connectivity index (χ1n) is 14.6. The maximum absolute atomic E-state index is 13.2.